The fraction of sp³-hybridized carbons (Fsp3) is 0.611. The molecule has 2 amide bonds. The highest BCUT2D eigenvalue weighted by Crippen LogP contribution is 2.15. The number of nitrogens with one attached hydrogen (secondary N) is 5. The molecular weight excluding hydrogens is 393 g/mol. The van der Waals surface area contributed by atoms with Gasteiger partial charge in [-0.1, -0.05) is 13.8 Å². The van der Waals surface area contributed by atoms with Gasteiger partial charge in [0.1, 0.15) is 6.04 Å². The van der Waals surface area contributed by atoms with Crippen LogP contribution in [0.5, 0.6) is 0 Å². The maximum Gasteiger partial charge on any atom is 0.475 e. The normalized spacial score (nSPS) is 12.8. The third kappa shape index (κ3) is 9.29. The molecule has 0 unspecified atom stereocenters. The summed E-state index contributed by atoms with van der Waals surface area (Å²) in [6.45, 7) is 6.19. The zero-order valence-electron chi connectivity index (χ0n) is 17.4. The van der Waals surface area contributed by atoms with Crippen molar-refractivity contribution in [2.24, 2.45) is 5.92 Å². The smallest absolute Gasteiger partial charge is 0.426 e. The zero-order chi connectivity index (χ0) is 22.0. The van der Waals surface area contributed by atoms with Crippen LogP contribution in [0.25, 0.3) is 0 Å². The van der Waals surface area contributed by atoms with Crippen LogP contribution in [0, 0.1) is 18.3 Å². The average molecular weight is 425 g/mol. The molecule has 0 saturated heterocycles. The fourth-order valence-corrected chi connectivity index (χ4v) is 3.48. The largest absolute Gasteiger partial charge is 0.475 e. The SMILES string of the molecule is CNC(=N)NCCC[C@H](NC(=O)c1ccc(C)s1)C(=O)N[C@@H](CC(C)C)B(O)O. The van der Waals surface area contributed by atoms with E-state index in [-0.39, 0.29) is 17.8 Å². The fourth-order valence-electron chi connectivity index (χ4n) is 2.71. The molecule has 1 heterocycles. The van der Waals surface area contributed by atoms with Gasteiger partial charge in [-0.3, -0.25) is 15.0 Å². The van der Waals surface area contributed by atoms with E-state index in [0.717, 1.165) is 4.88 Å². The van der Waals surface area contributed by atoms with Crippen LogP contribution < -0.4 is 21.3 Å². The molecule has 11 heteroatoms. The van der Waals surface area contributed by atoms with E-state index in [0.29, 0.717) is 30.7 Å². The van der Waals surface area contributed by atoms with Crippen LogP contribution in [-0.4, -0.2) is 60.5 Å². The molecule has 1 rings (SSSR count). The second-order valence-corrected chi connectivity index (χ2v) is 8.58. The van der Waals surface area contributed by atoms with E-state index in [1.165, 1.54) is 11.3 Å². The number of hydrogen-bond acceptors (Lipinski definition) is 6. The van der Waals surface area contributed by atoms with Crippen molar-refractivity contribution in [2.45, 2.75) is 52.0 Å². The van der Waals surface area contributed by atoms with Gasteiger partial charge in [0.15, 0.2) is 5.96 Å². The van der Waals surface area contributed by atoms with Gasteiger partial charge in [0.2, 0.25) is 5.91 Å². The van der Waals surface area contributed by atoms with E-state index in [2.05, 4.69) is 21.3 Å². The molecule has 0 aromatic carbocycles. The van der Waals surface area contributed by atoms with Crippen molar-refractivity contribution in [1.82, 2.24) is 21.3 Å². The minimum Gasteiger partial charge on any atom is -0.426 e. The van der Waals surface area contributed by atoms with Crippen molar-refractivity contribution in [2.75, 3.05) is 13.6 Å². The van der Waals surface area contributed by atoms with Gasteiger partial charge in [-0.2, -0.15) is 0 Å². The maximum absolute atomic E-state index is 12.8. The molecule has 0 aliphatic heterocycles. The van der Waals surface area contributed by atoms with Gasteiger partial charge < -0.3 is 31.3 Å². The molecule has 0 saturated carbocycles. The van der Waals surface area contributed by atoms with Gasteiger partial charge in [0, 0.05) is 18.5 Å². The summed E-state index contributed by atoms with van der Waals surface area (Å²) in [4.78, 5) is 26.8. The number of carbonyl (C=O) groups excluding carboxylic acids is 2. The Morgan fingerprint density at radius 1 is 1.24 bits per heavy atom. The monoisotopic (exact) mass is 425 g/mol. The van der Waals surface area contributed by atoms with Gasteiger partial charge in [-0.15, -0.1) is 11.3 Å². The highest BCUT2D eigenvalue weighted by atomic mass is 32.1. The Morgan fingerprint density at radius 2 is 1.93 bits per heavy atom. The number of hydrogen-bond donors (Lipinski definition) is 7. The number of amides is 2. The summed E-state index contributed by atoms with van der Waals surface area (Å²) >= 11 is 1.34. The summed E-state index contributed by atoms with van der Waals surface area (Å²) in [6.07, 6.45) is 1.26. The maximum atomic E-state index is 12.8. The lowest BCUT2D eigenvalue weighted by atomic mass is 9.75. The lowest BCUT2D eigenvalue weighted by Crippen LogP contribution is -2.54. The first-order chi connectivity index (χ1) is 13.6. The third-order valence-electron chi connectivity index (χ3n) is 4.22. The lowest BCUT2D eigenvalue weighted by molar-refractivity contribution is -0.123. The van der Waals surface area contributed by atoms with Crippen molar-refractivity contribution < 1.29 is 19.6 Å². The number of rotatable bonds is 11. The Bertz CT molecular complexity index is 683. The molecule has 1 aromatic rings. The summed E-state index contributed by atoms with van der Waals surface area (Å²) in [5, 5.41) is 37.6. The van der Waals surface area contributed by atoms with Crippen LogP contribution in [0.3, 0.4) is 0 Å². The van der Waals surface area contributed by atoms with Crippen molar-refractivity contribution >= 4 is 36.2 Å². The van der Waals surface area contributed by atoms with Crippen LogP contribution >= 0.6 is 11.3 Å². The highest BCUT2D eigenvalue weighted by molar-refractivity contribution is 7.13. The molecule has 1 aromatic heterocycles. The highest BCUT2D eigenvalue weighted by Gasteiger charge is 2.30. The molecule has 7 N–H and O–H groups in total. The molecule has 0 aliphatic rings. The molecule has 0 aliphatic carbocycles. The predicted octanol–water partition coefficient (Wildman–Crippen LogP) is 0.222. The van der Waals surface area contributed by atoms with Crippen molar-refractivity contribution in [3.05, 3.63) is 21.9 Å². The Balaban J connectivity index is 2.79. The molecule has 0 fully saturated rings. The topological polar surface area (TPSA) is 147 Å². The van der Waals surface area contributed by atoms with Crippen molar-refractivity contribution in [3.63, 3.8) is 0 Å². The first-order valence-corrected chi connectivity index (χ1v) is 10.5. The number of carbonyl (C=O) groups is 2. The molecule has 9 nitrogen and oxygen atoms in total. The quantitative estimate of drug-likeness (QED) is 0.117. The van der Waals surface area contributed by atoms with Crippen molar-refractivity contribution in [1.29, 1.82) is 5.41 Å². The minimum atomic E-state index is -1.68. The Labute approximate surface area is 176 Å². The number of guanidine groups is 1. The van der Waals surface area contributed by atoms with Crippen molar-refractivity contribution in [3.8, 4) is 0 Å². The summed E-state index contributed by atoms with van der Waals surface area (Å²) in [6, 6.07) is 2.71. The molecular formula is C18H32BN5O4S. The van der Waals surface area contributed by atoms with E-state index in [1.807, 2.05) is 26.8 Å². The minimum absolute atomic E-state index is 0.154. The Hall–Kier alpha value is -2.11. The van der Waals surface area contributed by atoms with Crippen LogP contribution in [0.15, 0.2) is 12.1 Å². The first kappa shape index (κ1) is 24.9. The molecule has 0 bridgehead atoms. The Kier molecular flexibility index (Phi) is 10.7. The number of aryl methyl sites for hydroxylation is 1. The third-order valence-corrected chi connectivity index (χ3v) is 5.22. The van der Waals surface area contributed by atoms with Gasteiger partial charge >= 0.3 is 7.12 Å². The Morgan fingerprint density at radius 3 is 2.45 bits per heavy atom. The summed E-state index contributed by atoms with van der Waals surface area (Å²) < 4.78 is 0. The molecule has 2 atom stereocenters. The van der Waals surface area contributed by atoms with E-state index in [1.54, 1.807) is 13.1 Å². The second-order valence-electron chi connectivity index (χ2n) is 7.29. The zero-order valence-corrected chi connectivity index (χ0v) is 18.2. The molecule has 29 heavy (non-hydrogen) atoms. The van der Waals surface area contributed by atoms with Gasteiger partial charge in [0.05, 0.1) is 10.8 Å². The molecule has 0 spiro atoms. The predicted molar refractivity (Wildman–Crippen MR) is 116 cm³/mol. The standard InChI is InChI=1S/C18H32BN5O4S/c1-11(2)10-15(19(27)28)24-16(25)13(6-5-9-22-18(20)21-4)23-17(26)14-8-7-12(3)29-14/h7-8,11,13,15,27-28H,5-6,9-10H2,1-4H3,(H,23,26)(H,24,25)(H3,20,21,22)/t13-,15-/m0/s1. The van der Waals surface area contributed by atoms with Gasteiger partial charge in [0.25, 0.3) is 5.91 Å². The molecule has 162 valence electrons. The molecule has 0 radical (unpaired) electrons. The summed E-state index contributed by atoms with van der Waals surface area (Å²) in [5.41, 5.74) is 0. The summed E-state index contributed by atoms with van der Waals surface area (Å²) in [5.74, 6) is -1.30. The van der Waals surface area contributed by atoms with Crippen LogP contribution in [-0.2, 0) is 4.79 Å². The number of thiophene rings is 1. The van der Waals surface area contributed by atoms with Gasteiger partial charge in [-0.25, -0.2) is 0 Å². The van der Waals surface area contributed by atoms with Crippen LogP contribution in [0.4, 0.5) is 0 Å². The van der Waals surface area contributed by atoms with E-state index >= 15 is 0 Å². The van der Waals surface area contributed by atoms with E-state index in [4.69, 9.17) is 5.41 Å². The summed E-state index contributed by atoms with van der Waals surface area (Å²) in [7, 11) is -0.0559. The second kappa shape index (κ2) is 12.5. The van der Waals surface area contributed by atoms with Crippen LogP contribution in [0.2, 0.25) is 0 Å². The van der Waals surface area contributed by atoms with E-state index < -0.39 is 25.0 Å². The van der Waals surface area contributed by atoms with Gasteiger partial charge in [-0.05, 0) is 44.2 Å². The van der Waals surface area contributed by atoms with Crippen LogP contribution in [0.1, 0.15) is 47.7 Å². The average Bonchev–Trinajstić information content (AvgIpc) is 3.09. The lowest BCUT2D eigenvalue weighted by Gasteiger charge is -2.24. The van der Waals surface area contributed by atoms with E-state index in [9.17, 15) is 19.6 Å². The first-order valence-electron chi connectivity index (χ1n) is 9.68.